The zero-order valence-corrected chi connectivity index (χ0v) is 78.6. The van der Waals surface area contributed by atoms with Crippen LogP contribution in [-0.2, 0) is 0 Å². The smallest absolute Gasteiger partial charge is 0.0620 e. The third-order valence-corrected chi connectivity index (χ3v) is 29.7. The fraction of sp³-hybridized carbons (Fsp3) is 0. The Morgan fingerprint density at radius 1 is 0.0903 bits per heavy atom. The first-order valence-corrected chi connectivity index (χ1v) is 49.6. The normalized spacial score (nSPS) is 11.8. The van der Waals surface area contributed by atoms with Crippen molar-refractivity contribution in [3.63, 3.8) is 0 Å². The van der Waals surface area contributed by atoms with E-state index in [-0.39, 0.29) is 0 Å². The van der Waals surface area contributed by atoms with Gasteiger partial charge in [-0.2, -0.15) is 0 Å². The molecule has 144 heavy (non-hydrogen) atoms. The average Bonchev–Trinajstić information content (AvgIpc) is 1.54. The van der Waals surface area contributed by atoms with Crippen LogP contribution in [0.2, 0.25) is 0 Å². The molecule has 6 heteroatoms. The van der Waals surface area contributed by atoms with Gasteiger partial charge in [0.1, 0.15) is 0 Å². The predicted molar refractivity (Wildman–Crippen MR) is 609 cm³/mol. The second-order valence-corrected chi connectivity index (χ2v) is 37.8. The maximum atomic E-state index is 2.44. The third kappa shape index (κ3) is 14.0. The van der Waals surface area contributed by atoms with E-state index >= 15 is 0 Å². The van der Waals surface area contributed by atoms with Gasteiger partial charge in [0.2, 0.25) is 0 Å². The Morgan fingerprint density at radius 2 is 0.264 bits per heavy atom. The molecule has 0 N–H and O–H groups in total. The van der Waals surface area contributed by atoms with Crippen LogP contribution in [0.25, 0.3) is 265 Å². The van der Waals surface area contributed by atoms with E-state index in [0.29, 0.717) is 0 Å². The molecule has 30 rings (SSSR count). The lowest BCUT2D eigenvalue weighted by molar-refractivity contribution is 1.17. The summed E-state index contributed by atoms with van der Waals surface area (Å²) in [6.45, 7) is 0. The molecule has 0 atom stereocenters. The molecule has 0 aliphatic carbocycles. The summed E-state index contributed by atoms with van der Waals surface area (Å²) < 4.78 is 14.4. The maximum absolute atomic E-state index is 2.44. The molecule has 7 heterocycles. The van der Waals surface area contributed by atoms with E-state index in [1.165, 1.54) is 248 Å². The molecule has 6 nitrogen and oxygen atoms in total. The highest BCUT2D eigenvalue weighted by Crippen LogP contribution is 2.47. The molecular formula is C138H90N6. The van der Waals surface area contributed by atoms with Gasteiger partial charge in [0, 0.05) is 104 Å². The molecule has 0 aliphatic heterocycles. The second-order valence-electron chi connectivity index (χ2n) is 37.8. The van der Waals surface area contributed by atoms with Crippen molar-refractivity contribution >= 4 is 147 Å². The summed E-state index contributed by atoms with van der Waals surface area (Å²) in [6, 6.07) is 198. The zero-order chi connectivity index (χ0) is 94.8. The number of benzene rings is 23. The highest BCUT2D eigenvalue weighted by atomic mass is 15.0. The molecule has 0 aliphatic rings. The summed E-state index contributed by atoms with van der Waals surface area (Å²) in [6.07, 6.45) is 0. The van der Waals surface area contributed by atoms with Crippen LogP contribution < -0.4 is 0 Å². The molecule has 0 unspecified atom stereocenters. The summed E-state index contributed by atoms with van der Waals surface area (Å²) in [5.41, 5.74) is 41.4. The Bertz CT molecular complexity index is 10000. The number of hydrogen-bond acceptors (Lipinski definition) is 0. The SMILES string of the molecule is c1ccc(-c2ccc(-c3cccc(-c4cccc(-c5ccc6c(c5)c5cccc7c8ccccc8n6c75)c4)c3)cc2)cc1.c1ccc(-c2ccc(-n3c4ccccc4c4cc(-c5ccc6c(c5)c5ccccc5n6-c5ccc(-c6ccccc6)cc5)ccc43)cc2)cc1.c1ccc(-n2c3ccccc3c3cc(-c4ccc5c(c4)c4ccccc4n5-c4ccc5c(c4)c4ccccc4n5-c4ccccc4)ccc32)cc1. The fourth-order valence-electron chi connectivity index (χ4n) is 23.0. The van der Waals surface area contributed by atoms with Crippen molar-refractivity contribution in [3.8, 4) is 117 Å². The maximum Gasteiger partial charge on any atom is 0.0620 e. The summed E-state index contributed by atoms with van der Waals surface area (Å²) in [4.78, 5) is 0. The predicted octanol–water partition coefficient (Wildman–Crippen LogP) is 37.0. The monoisotopic (exact) mass is 1830 g/mol. The van der Waals surface area contributed by atoms with Crippen LogP contribution in [-0.4, -0.2) is 27.2 Å². The van der Waals surface area contributed by atoms with E-state index in [4.69, 9.17) is 0 Å². The third-order valence-electron chi connectivity index (χ3n) is 29.7. The quantitative estimate of drug-likeness (QED) is 0.110. The number of para-hydroxylation sites is 9. The Kier molecular flexibility index (Phi) is 19.9. The van der Waals surface area contributed by atoms with Gasteiger partial charge in [0.05, 0.1) is 71.7 Å². The minimum absolute atomic E-state index is 1.16. The molecule has 0 spiro atoms. The standard InChI is InChI=1S/C48H31N3.C48H32N2.C42H27N/c1-3-13-34(14-4-1)49-43-20-10-7-17-37(43)40-29-32(23-26-46(40)49)33-24-27-47-41(30-33)38-18-8-12-22-45(38)51(47)36-25-28-48-42(31-36)39-19-9-11-21-44(39)50(48)35-15-5-2-6-16-35;1-3-11-33(12-4-1)35-19-25-39(26-20-35)49-45-17-9-7-15-41(45)43-31-37(23-29-47(43)49)38-24-30-48-44(32-38)42-16-8-10-18-46(42)50(48)40-27-21-36(22-28-40)34-13-5-2-6-14-34;1-2-9-28(10-3-1)29-19-21-30(22-20-29)31-11-6-12-32(25-31)33-13-7-14-34(26-33)35-23-24-41-39(27-35)38-17-8-16-37-36-15-4-5-18-40(36)43(41)42(37)38/h1-31H;1-32H;1-27H. The van der Waals surface area contributed by atoms with Gasteiger partial charge in [-0.05, 0) is 265 Å². The van der Waals surface area contributed by atoms with E-state index in [1.54, 1.807) is 0 Å². The molecule has 0 bridgehead atoms. The topological polar surface area (TPSA) is 29.1 Å². The van der Waals surface area contributed by atoms with Crippen molar-refractivity contribution in [2.45, 2.75) is 0 Å². The molecule has 0 amide bonds. The van der Waals surface area contributed by atoms with Crippen molar-refractivity contribution < 1.29 is 0 Å². The minimum atomic E-state index is 1.16. The van der Waals surface area contributed by atoms with E-state index in [0.717, 1.165) is 17.1 Å². The number of nitrogens with zero attached hydrogens (tertiary/aromatic N) is 6. The van der Waals surface area contributed by atoms with E-state index in [9.17, 15) is 0 Å². The van der Waals surface area contributed by atoms with E-state index in [1.807, 2.05) is 0 Å². The van der Waals surface area contributed by atoms with Gasteiger partial charge in [-0.1, -0.05) is 370 Å². The van der Waals surface area contributed by atoms with Gasteiger partial charge in [0.25, 0.3) is 0 Å². The summed E-state index contributed by atoms with van der Waals surface area (Å²) in [5.74, 6) is 0. The second kappa shape index (κ2) is 34.5. The van der Waals surface area contributed by atoms with Crippen LogP contribution in [0.15, 0.2) is 546 Å². The molecule has 0 fully saturated rings. The Balaban J connectivity index is 0.000000105. The van der Waals surface area contributed by atoms with Gasteiger partial charge in [-0.15, -0.1) is 0 Å². The van der Waals surface area contributed by atoms with Crippen molar-refractivity contribution in [1.29, 1.82) is 0 Å². The Hall–Kier alpha value is -19.1. The van der Waals surface area contributed by atoms with Gasteiger partial charge in [-0.3, -0.25) is 0 Å². The number of fused-ring (bicyclic) bond motifs is 21. The van der Waals surface area contributed by atoms with Crippen LogP contribution in [0.3, 0.4) is 0 Å². The molecule has 0 saturated heterocycles. The first-order valence-electron chi connectivity index (χ1n) is 49.6. The van der Waals surface area contributed by atoms with Gasteiger partial charge >= 0.3 is 0 Å². The lowest BCUT2D eigenvalue weighted by Crippen LogP contribution is -1.95. The lowest BCUT2D eigenvalue weighted by atomic mass is 9.95. The first-order chi connectivity index (χ1) is 71.4. The van der Waals surface area contributed by atoms with Crippen LogP contribution >= 0.6 is 0 Å². The highest BCUT2D eigenvalue weighted by Gasteiger charge is 2.24. The fourth-order valence-corrected chi connectivity index (χ4v) is 23.0. The molecule has 7 aromatic heterocycles. The largest absolute Gasteiger partial charge is 0.309 e. The van der Waals surface area contributed by atoms with E-state index in [2.05, 4.69) is 573 Å². The van der Waals surface area contributed by atoms with Crippen LogP contribution in [0.5, 0.6) is 0 Å². The molecule has 672 valence electrons. The summed E-state index contributed by atoms with van der Waals surface area (Å²) in [5, 5.41) is 17.8. The Morgan fingerprint density at radius 3 is 0.604 bits per heavy atom. The van der Waals surface area contributed by atoms with Crippen molar-refractivity contribution in [3.05, 3.63) is 546 Å². The van der Waals surface area contributed by atoms with Crippen LogP contribution in [0, 0.1) is 0 Å². The molecule has 23 aromatic carbocycles. The molecule has 30 aromatic rings. The number of hydrogen-bond donors (Lipinski definition) is 0. The summed E-state index contributed by atoms with van der Waals surface area (Å²) in [7, 11) is 0. The minimum Gasteiger partial charge on any atom is -0.309 e. The molecule has 0 radical (unpaired) electrons. The highest BCUT2D eigenvalue weighted by molar-refractivity contribution is 6.24. The number of aromatic nitrogens is 6. The van der Waals surface area contributed by atoms with Gasteiger partial charge in [0.15, 0.2) is 0 Å². The molecule has 0 saturated carbocycles. The van der Waals surface area contributed by atoms with Crippen molar-refractivity contribution in [1.82, 2.24) is 27.2 Å². The number of rotatable bonds is 13. The lowest BCUT2D eigenvalue weighted by Gasteiger charge is -2.11. The van der Waals surface area contributed by atoms with Crippen LogP contribution in [0.1, 0.15) is 0 Å². The first kappa shape index (κ1) is 83.1. The van der Waals surface area contributed by atoms with E-state index < -0.39 is 0 Å². The van der Waals surface area contributed by atoms with Crippen molar-refractivity contribution in [2.75, 3.05) is 0 Å². The van der Waals surface area contributed by atoms with Gasteiger partial charge < -0.3 is 27.2 Å². The van der Waals surface area contributed by atoms with Crippen LogP contribution in [0.4, 0.5) is 0 Å². The summed E-state index contributed by atoms with van der Waals surface area (Å²) >= 11 is 0. The zero-order valence-electron chi connectivity index (χ0n) is 78.6. The Labute approximate surface area is 831 Å². The molecular weight excluding hydrogens is 1740 g/mol. The average molecular weight is 1830 g/mol. The van der Waals surface area contributed by atoms with Gasteiger partial charge in [-0.25, -0.2) is 0 Å². The van der Waals surface area contributed by atoms with Crippen molar-refractivity contribution in [2.24, 2.45) is 0 Å².